The minimum atomic E-state index is -2.95. The van der Waals surface area contributed by atoms with E-state index in [4.69, 9.17) is 9.47 Å². The molecule has 0 aliphatic carbocycles. The Morgan fingerprint density at radius 3 is 1.19 bits per heavy atom. The number of likely N-dealkylation sites (tertiary alicyclic amines) is 2. The van der Waals surface area contributed by atoms with Crippen molar-refractivity contribution in [3.63, 3.8) is 0 Å². The molecule has 30 nitrogen and oxygen atoms in total. The van der Waals surface area contributed by atoms with Gasteiger partial charge in [0, 0.05) is 133 Å². The molecule has 8 aromatic heterocycles. The molecule has 5 aliphatic rings. The summed E-state index contributed by atoms with van der Waals surface area (Å²) in [6.45, 7) is 10.9. The second kappa shape index (κ2) is 41.3. The van der Waals surface area contributed by atoms with Crippen LogP contribution < -0.4 is 53.3 Å². The molecule has 3 unspecified atom stereocenters. The maximum Gasteiger partial charge on any atom is 0.266 e. The molecule has 5 aromatic carbocycles. The molecule has 4 fully saturated rings. The van der Waals surface area contributed by atoms with Crippen LogP contribution in [0, 0.1) is 23.3 Å². The smallest absolute Gasteiger partial charge is 0.266 e. The third-order valence-corrected chi connectivity index (χ3v) is 28.2. The fourth-order valence-corrected chi connectivity index (χ4v) is 20.1. The monoisotopic (exact) mass is 1960 g/mol. The number of anilines is 6. The largest absolute Gasteiger partial charge is 0.373 e. The summed E-state index contributed by atoms with van der Waals surface area (Å²) >= 11 is 0. The van der Waals surface area contributed by atoms with Crippen molar-refractivity contribution in [2.45, 2.75) is 121 Å². The van der Waals surface area contributed by atoms with Gasteiger partial charge in [0.15, 0.2) is 0 Å². The lowest BCUT2D eigenvalue weighted by atomic mass is 9.87. The van der Waals surface area contributed by atoms with Crippen molar-refractivity contribution in [1.29, 1.82) is 0 Å². The van der Waals surface area contributed by atoms with Crippen LogP contribution in [-0.4, -0.2) is 192 Å². The third kappa shape index (κ3) is 20.0. The van der Waals surface area contributed by atoms with E-state index in [1.165, 1.54) is 125 Å². The number of methoxy groups -OCH3 is 1. The van der Waals surface area contributed by atoms with Gasteiger partial charge in [0.1, 0.15) is 112 Å². The Bertz CT molecular complexity index is 7300. The molecule has 18 rings (SSSR count). The van der Waals surface area contributed by atoms with Crippen LogP contribution in [0.25, 0.3) is 44.1 Å². The van der Waals surface area contributed by atoms with Crippen LogP contribution in [0.5, 0.6) is 0 Å². The maximum atomic E-state index is 14.8. The van der Waals surface area contributed by atoms with E-state index in [-0.39, 0.29) is 79.8 Å². The van der Waals surface area contributed by atoms with Gasteiger partial charge in [-0.3, -0.25) is 51.2 Å². The van der Waals surface area contributed by atoms with Crippen molar-refractivity contribution in [2.24, 2.45) is 28.2 Å². The lowest BCUT2D eigenvalue weighted by Crippen LogP contribution is -2.69. The van der Waals surface area contributed by atoms with E-state index in [0.29, 0.717) is 118 Å². The average molecular weight is 1970 g/mol. The number of carbonyl (C=O) groups excluding carboxylic acids is 2. The normalized spacial score (nSPS) is 19.1. The summed E-state index contributed by atoms with van der Waals surface area (Å²) in [6, 6.07) is 26.4. The number of piperazine rings is 1. The number of rotatable bonds is 21. The number of nitrogens with zero attached hydrogens (tertiary/aromatic N) is 17. The first-order chi connectivity index (χ1) is 66.6. The second-order valence-corrected chi connectivity index (χ2v) is 38.0. The van der Waals surface area contributed by atoms with Crippen LogP contribution >= 0.6 is 0 Å². The van der Waals surface area contributed by atoms with Gasteiger partial charge in [0.25, 0.3) is 59.8 Å². The Labute approximate surface area is 794 Å². The first-order valence-electron chi connectivity index (χ1n) is 44.7. The molecular weight excluding hydrogens is 1860 g/mol. The Morgan fingerprint density at radius 2 is 0.800 bits per heavy atom. The van der Waals surface area contributed by atoms with Gasteiger partial charge >= 0.3 is 0 Å². The van der Waals surface area contributed by atoms with Crippen LogP contribution in [0.3, 0.4) is 0 Å². The average Bonchev–Trinajstić information content (AvgIpc) is 0.678. The predicted molar refractivity (Wildman–Crippen MR) is 509 cm³/mol. The van der Waals surface area contributed by atoms with Gasteiger partial charge < -0.3 is 55.2 Å². The molecule has 140 heavy (non-hydrogen) atoms. The SMILES string of the molecule is C=S1(=O)CCC(OC)(c2cc3c(N[C@H](C)c4cccc(C(F)F)c4F)ncnc3n(C)c2=O)CC1.C[C@@H](Nc1ncnc2c1cc(C(=O)N1C3CC1CN(C)C3)c(=O)n2C)c1cccc(C(F)F)c1F.C[C@@H](Nc1ncnc2c1cc(C(=O)N1CCN(C)c3ccccc31)c(=O)n2C)c1cccc(C(F)F)c1F.C[C@@H](Nc1ncnc2c1cc(C1CN(C)CCO1)c(=O)n2C)c1cccc(C(F)F)c1F. The summed E-state index contributed by atoms with van der Waals surface area (Å²) in [5, 5.41) is 14.1. The Balaban J connectivity index is 0.000000141. The van der Waals surface area contributed by atoms with Crippen molar-refractivity contribution in [2.75, 3.05) is 117 Å². The van der Waals surface area contributed by atoms with Gasteiger partial charge in [-0.2, -0.15) is 0 Å². The topological polar surface area (TPSA) is 325 Å². The number of para-hydroxylation sites is 2. The molecule has 2 bridgehead atoms. The third-order valence-electron chi connectivity index (χ3n) is 26.3. The van der Waals surface area contributed by atoms with Crippen LogP contribution in [0.1, 0.15) is 179 Å². The zero-order chi connectivity index (χ0) is 101. The highest BCUT2D eigenvalue weighted by molar-refractivity contribution is 8.00. The zero-order valence-electron chi connectivity index (χ0n) is 78.1. The molecule has 0 spiro atoms. The van der Waals surface area contributed by atoms with Crippen molar-refractivity contribution < 1.29 is 76.0 Å². The molecule has 0 radical (unpaired) electrons. The summed E-state index contributed by atoms with van der Waals surface area (Å²) < 4.78 is 194. The van der Waals surface area contributed by atoms with Crippen LogP contribution in [0.15, 0.2) is 166 Å². The minimum absolute atomic E-state index is 0.00985. The summed E-state index contributed by atoms with van der Waals surface area (Å²) in [5.74, 6) is 0.897. The summed E-state index contributed by atoms with van der Waals surface area (Å²) in [6.07, 6.45) is -5.43. The number of halogens is 12. The van der Waals surface area contributed by atoms with E-state index in [1.54, 1.807) is 63.7 Å². The van der Waals surface area contributed by atoms with Gasteiger partial charge in [0.2, 0.25) is 0 Å². The number of hydrogen-bond donors (Lipinski definition) is 4. The van der Waals surface area contributed by atoms with Crippen LogP contribution in [0.2, 0.25) is 0 Å². The highest BCUT2D eigenvalue weighted by Gasteiger charge is 2.48. The molecule has 738 valence electrons. The number of hydrogen-bond acceptors (Lipinski definition) is 24. The van der Waals surface area contributed by atoms with Crippen LogP contribution in [0.4, 0.5) is 87.3 Å². The first kappa shape index (κ1) is 101. The lowest BCUT2D eigenvalue weighted by Gasteiger charge is -2.55. The van der Waals surface area contributed by atoms with Crippen molar-refractivity contribution in [3.8, 4) is 0 Å². The summed E-state index contributed by atoms with van der Waals surface area (Å²) in [4.78, 5) is 123. The quantitative estimate of drug-likeness (QED) is 0.0383. The fraction of sp³-hybridized carbons (Fsp3) is 0.371. The summed E-state index contributed by atoms with van der Waals surface area (Å²) in [7, 11) is 11.4. The number of ether oxygens (including phenoxy) is 2. The van der Waals surface area contributed by atoms with Gasteiger partial charge in [-0.25, -0.2) is 92.6 Å². The number of fused-ring (bicyclic) bond motifs is 7. The Morgan fingerprint density at radius 1 is 0.443 bits per heavy atom. The van der Waals surface area contributed by atoms with Gasteiger partial charge in [-0.05, 0) is 113 Å². The molecule has 43 heteroatoms. The van der Waals surface area contributed by atoms with E-state index in [1.807, 2.05) is 50.3 Å². The van der Waals surface area contributed by atoms with Gasteiger partial charge in [0.05, 0.1) is 97.1 Å². The highest BCUT2D eigenvalue weighted by atomic mass is 32.2. The molecule has 5 aliphatic heterocycles. The number of likely N-dealkylation sites (N-methyl/N-ethyl adjacent to an activating group) is 3. The summed E-state index contributed by atoms with van der Waals surface area (Å²) in [5.41, 5.74) is -1.25. The molecule has 13 aromatic rings. The fourth-order valence-electron chi connectivity index (χ4n) is 18.5. The predicted octanol–water partition coefficient (Wildman–Crippen LogP) is 15.3. The van der Waals surface area contributed by atoms with Crippen LogP contribution in [-0.2, 0) is 52.8 Å². The van der Waals surface area contributed by atoms with Gasteiger partial charge in [-0.1, -0.05) is 84.9 Å². The molecule has 13 heterocycles. The number of pyridine rings is 4. The number of aryl methyl sites for hydroxylation is 4. The molecule has 4 N–H and O–H groups in total. The first-order valence-corrected chi connectivity index (χ1v) is 46.7. The number of piperidine rings is 1. The Hall–Kier alpha value is -13.8. The van der Waals surface area contributed by atoms with E-state index < -0.39 is 134 Å². The van der Waals surface area contributed by atoms with Gasteiger partial charge in [-0.15, -0.1) is 0 Å². The van der Waals surface area contributed by atoms with E-state index in [2.05, 4.69) is 76.8 Å². The van der Waals surface area contributed by atoms with Crippen molar-refractivity contribution in [1.82, 2.24) is 72.8 Å². The molecular formula is C97H101F12N21O9S. The number of carbonyl (C=O) groups is 2. The molecule has 7 atom stereocenters. The molecule has 2 amide bonds. The number of aromatic nitrogens is 12. The number of nitrogens with one attached hydrogen (secondary N) is 4. The number of alkyl halides is 8. The second-order valence-electron chi connectivity index (χ2n) is 35.3. The van der Waals surface area contributed by atoms with E-state index in [9.17, 15) is 85.7 Å². The van der Waals surface area contributed by atoms with E-state index in [0.717, 1.165) is 56.0 Å². The standard InChI is InChI=1S/C27H25F3N6O2.C24H25F3N6O2.C24H27F3N4O3S.C22H24F3N5O2/c1-15(16-7-6-8-17(22(16)28)23(29)30)33-24-18-13-19(26(37)35(3)25(18)32-14-31-24)27(38)36-12-11-34(2)20-9-4-5-10-21(20)36;1-12(15-5-4-6-16(19(15)25)20(26)27)30-21-17-8-18(23(34)32(3)22(17)29-11-28-21)24(35)33-13-7-14(33)10-31(2)9-13;1-14(15-6-5-7-16(19(15)25)20(26)27)30-21-17-12-18(23(32)31(2)22(17)29-13-28-21)24(34-3)8-10-35(4,33)11-9-24;1-12(13-5-4-6-14(18(13)23)19(24)25)28-20-16-9-15(17-10-29(2)7-8-32-17)22(31)30(3)21(16)27-11-26-20/h4-10,13-15,23H,11-12H2,1-3H3,(H,31,32,33);4-6,8,11-14,20H,7,9-10H2,1-3H3,(H,28,29,30);5-7,12-14,20H,4,8-11H2,1-3H3,(H,28,29,30);4-6,9,11-12,17,19H,7-8,10H2,1-3H3,(H,26,27,28)/t15-;12-,13?,14?;14-,24?,35?;12-,17?/m1111/s1. The number of benzene rings is 5. The number of amides is 2. The minimum Gasteiger partial charge on any atom is -0.373 e. The zero-order valence-corrected chi connectivity index (χ0v) is 78.9. The maximum absolute atomic E-state index is 14.8. The lowest BCUT2D eigenvalue weighted by molar-refractivity contribution is -0.0398. The molecule has 4 saturated heterocycles. The van der Waals surface area contributed by atoms with Crippen molar-refractivity contribution in [3.05, 3.63) is 278 Å². The highest BCUT2D eigenvalue weighted by Crippen LogP contribution is 2.42. The molecule has 0 saturated carbocycles. The van der Waals surface area contributed by atoms with E-state index >= 15 is 0 Å². The number of morpholine rings is 1. The van der Waals surface area contributed by atoms with Crippen molar-refractivity contribution >= 4 is 106 Å². The Kier molecular flexibility index (Phi) is 29.7.